The van der Waals surface area contributed by atoms with Crippen LogP contribution in [-0.4, -0.2) is 94.1 Å². The minimum atomic E-state index is -1.36. The van der Waals surface area contributed by atoms with Crippen molar-refractivity contribution >= 4 is 65.9 Å². The van der Waals surface area contributed by atoms with Gasteiger partial charge < -0.3 is 42.3 Å². The van der Waals surface area contributed by atoms with Crippen LogP contribution in [0.15, 0.2) is 0 Å². The zero-order valence-electron chi connectivity index (χ0n) is 35.1. The van der Waals surface area contributed by atoms with Gasteiger partial charge in [0.25, 0.3) is 0 Å². The largest absolute Gasteiger partial charge is 4.00 e. The molecule has 264 valence electrons. The van der Waals surface area contributed by atoms with E-state index in [1.54, 1.807) is 28.2 Å². The van der Waals surface area contributed by atoms with Crippen molar-refractivity contribution in [1.82, 2.24) is 0 Å². The fraction of sp³-hybridized carbons (Fsp3) is 0.929. The van der Waals surface area contributed by atoms with Crippen molar-refractivity contribution in [2.45, 2.75) is 144 Å². The molecule has 0 atom stereocenters. The van der Waals surface area contributed by atoms with Crippen LogP contribution in [0, 0.1) is 13.1 Å². The molecule has 0 spiro atoms. The van der Waals surface area contributed by atoms with Crippen LogP contribution < -0.4 is 0 Å². The molecule has 6 nitrogen and oxygen atoms in total. The molecule has 0 aliphatic carbocycles. The molecule has 0 aromatic rings. The molecule has 0 aromatic carbocycles. The van der Waals surface area contributed by atoms with E-state index in [-0.39, 0.29) is 52.4 Å². The number of hydrogen-bond donors (Lipinski definition) is 0. The first-order chi connectivity index (χ1) is 17.7. The van der Waals surface area contributed by atoms with E-state index in [1.165, 1.54) is 0 Å². The van der Waals surface area contributed by atoms with Gasteiger partial charge in [-0.15, -0.1) is 26.2 Å². The van der Waals surface area contributed by atoms with Gasteiger partial charge in [0.1, 0.15) is 0 Å². The Morgan fingerprint density at radius 3 is 0.364 bits per heavy atom. The molecule has 44 heavy (non-hydrogen) atoms. The van der Waals surface area contributed by atoms with Gasteiger partial charge in [0.2, 0.25) is 0 Å². The predicted molar refractivity (Wildman–Crippen MR) is 230 cm³/mol. The number of nitrogens with zero attached hydrogens (tertiary/aromatic N) is 6. The Labute approximate surface area is 329 Å². The third kappa shape index (κ3) is 119. The molecule has 0 N–H and O–H groups in total. The van der Waals surface area contributed by atoms with E-state index in [2.05, 4.69) is 168 Å². The van der Waals surface area contributed by atoms with Crippen LogP contribution >= 0.6 is 0 Å². The van der Waals surface area contributed by atoms with Crippen LogP contribution in [0.1, 0.15) is 0 Å². The average Bonchev–Trinajstić information content (AvgIpc) is 2.42. The topological polar surface area (TPSA) is 84.6 Å². The van der Waals surface area contributed by atoms with Gasteiger partial charge in [-0.1, -0.05) is 167 Å². The van der Waals surface area contributed by atoms with E-state index in [9.17, 15) is 0 Å². The van der Waals surface area contributed by atoms with Crippen LogP contribution in [0.2, 0.25) is 144 Å². The molecule has 0 aromatic heterocycles. The summed E-state index contributed by atoms with van der Waals surface area (Å²) in [6.07, 6.45) is 0. The van der Waals surface area contributed by atoms with Crippen molar-refractivity contribution < 1.29 is 52.4 Å². The molecule has 0 saturated carbocycles. The zero-order chi connectivity index (χ0) is 36.2. The molecule has 0 heterocycles. The first-order valence-corrected chi connectivity index (χ1v) is 42.3. The summed E-state index contributed by atoms with van der Waals surface area (Å²) in [6, 6.07) is 0. The smallest absolute Gasteiger partial charge is 0.689 e. The summed E-state index contributed by atoms with van der Waals surface area (Å²) in [4.78, 5) is 0. The third-order valence-electron chi connectivity index (χ3n) is 2.62. The van der Waals surface area contributed by atoms with Gasteiger partial charge in [-0.2, -0.15) is 28.2 Å². The first kappa shape index (κ1) is 65.6. The van der Waals surface area contributed by atoms with Crippen molar-refractivity contribution in [3.8, 4) is 0 Å². The van der Waals surface area contributed by atoms with E-state index in [1.807, 2.05) is 0 Å². The summed E-state index contributed by atoms with van der Waals surface area (Å²) in [5, 5.41) is 7.00. The van der Waals surface area contributed by atoms with E-state index < -0.39 is 65.9 Å². The molecule has 0 bridgehead atoms. The van der Waals surface area contributed by atoms with Gasteiger partial charge in [0.15, 0.2) is 0 Å². The summed E-state index contributed by atoms with van der Waals surface area (Å²) in [5.74, 6) is 0. The molecule has 0 unspecified atom stereocenters. The van der Waals surface area contributed by atoms with Crippen LogP contribution in [0.3, 0.4) is 0 Å². The van der Waals surface area contributed by atoms with Crippen LogP contribution in [0.4, 0.5) is 0 Å². The van der Waals surface area contributed by atoms with Crippen LogP contribution in [0.5, 0.6) is 0 Å². The van der Waals surface area contributed by atoms with Gasteiger partial charge in [-0.25, -0.2) is 16.5 Å². The maximum absolute atomic E-state index is 4.82. The Balaban J connectivity index is -0.0000000607. The van der Waals surface area contributed by atoms with Crippen molar-refractivity contribution in [2.75, 3.05) is 28.2 Å². The van der Waals surface area contributed by atoms with Crippen molar-refractivity contribution in [3.63, 3.8) is 0 Å². The van der Waals surface area contributed by atoms with Gasteiger partial charge in [-0.05, 0) is 0 Å². The molecule has 0 aliphatic rings. The SMILES string of the molecule is C[N-]C.C[N-]C.C[Si](C)(C)[N-][Si](C)(C)C.C[Si](C)(C)[N-][Si](C)(C)C.[CH2-][Si](C)(C)[N-][Si](C)(C)C.[CH2-][Si](C)(C)[N-][Si](C)(C)C.[Zr+4].[Zr+4]. The van der Waals surface area contributed by atoms with E-state index in [0.29, 0.717) is 0 Å². The fourth-order valence-electron chi connectivity index (χ4n) is 3.83. The zero-order valence-corrected chi connectivity index (χ0v) is 48.0. The van der Waals surface area contributed by atoms with Gasteiger partial charge >= 0.3 is 52.4 Å². The number of rotatable bonds is 8. The van der Waals surface area contributed by atoms with E-state index >= 15 is 0 Å². The van der Waals surface area contributed by atoms with E-state index in [4.69, 9.17) is 18.6 Å². The van der Waals surface area contributed by atoms with Gasteiger partial charge in [0.05, 0.1) is 0 Å². The molecule has 0 fully saturated rings. The first-order valence-electron chi connectivity index (χ1n) is 15.3. The molecule has 0 saturated heterocycles. The molecule has 0 aliphatic heterocycles. The van der Waals surface area contributed by atoms with Crippen LogP contribution in [-0.2, 0) is 52.4 Å². The van der Waals surface area contributed by atoms with Crippen molar-refractivity contribution in [3.05, 3.63) is 42.3 Å². The summed E-state index contributed by atoms with van der Waals surface area (Å²) >= 11 is 0. The Kier molecular flexibility index (Phi) is 43.1. The molecular formula is C28H82N6Si8Zr2. The molecule has 0 rings (SSSR count). The Morgan fingerprint density at radius 1 is 0.273 bits per heavy atom. The second-order valence-corrected chi connectivity index (χ2v) is 54.9. The quantitative estimate of drug-likeness (QED) is 0.172. The third-order valence-corrected chi connectivity index (χ3v) is 23.6. The monoisotopic (exact) mass is 906 g/mol. The predicted octanol–water partition coefficient (Wildman–Crippen LogP) is 12.8. The minimum absolute atomic E-state index is 0. The van der Waals surface area contributed by atoms with Gasteiger partial charge in [0, 0.05) is 0 Å². The number of hydrogen-bond acceptors (Lipinski definition) is 0. The minimum Gasteiger partial charge on any atom is -0.689 e. The standard InChI is InChI=1S/2C6H18NSi2.2C6H17NSi2.2C2H6N.2Zr/c4*1-8(2,3)7-9(4,5)6;2*1-3-2;;/h2*1-6H3;2*1H2,2-6H3;2*1-2H3;;/q2*-1;2*-2;2*-1;2*+4. The second-order valence-electron chi connectivity index (χ2n) is 18.0. The summed E-state index contributed by atoms with van der Waals surface area (Å²) in [7, 11) is -2.47. The normalized spacial score (nSPS) is 12.3. The maximum Gasteiger partial charge on any atom is 4.00 e. The molecule has 0 radical (unpaired) electrons. The summed E-state index contributed by atoms with van der Waals surface area (Å²) in [5.41, 5.74) is 0. The Hall–Kier alpha value is 3.26. The fourth-order valence-corrected chi connectivity index (χ4v) is 34.5. The Morgan fingerprint density at radius 2 is 0.364 bits per heavy atom. The van der Waals surface area contributed by atoms with Gasteiger partial charge in [-0.3, -0.25) is 0 Å². The van der Waals surface area contributed by atoms with Crippen LogP contribution in [0.25, 0.3) is 29.2 Å². The average molecular weight is 910 g/mol. The molecule has 0 amide bonds. The van der Waals surface area contributed by atoms with E-state index in [0.717, 1.165) is 0 Å². The maximum atomic E-state index is 4.82. The molecule has 16 heteroatoms. The molecular weight excluding hydrogens is 827 g/mol. The van der Waals surface area contributed by atoms with Crippen molar-refractivity contribution in [1.29, 1.82) is 0 Å². The Bertz CT molecular complexity index is 456. The van der Waals surface area contributed by atoms with Crippen molar-refractivity contribution in [2.24, 2.45) is 0 Å². The summed E-state index contributed by atoms with van der Waals surface area (Å²) < 4.78 is 19.1. The summed E-state index contributed by atoms with van der Waals surface area (Å²) in [6.45, 7) is 58.0. The second kappa shape index (κ2) is 28.9.